The maximum atomic E-state index is 13.6. The van der Waals surface area contributed by atoms with Crippen LogP contribution in [0.4, 0.5) is 5.69 Å². The fourth-order valence-corrected chi connectivity index (χ4v) is 5.33. The Morgan fingerprint density at radius 3 is 2.35 bits per heavy atom. The molecule has 6 nitrogen and oxygen atoms in total. The average Bonchev–Trinajstić information content (AvgIpc) is 2.84. The van der Waals surface area contributed by atoms with Crippen molar-refractivity contribution in [3.8, 4) is 5.75 Å². The predicted octanol–water partition coefficient (Wildman–Crippen LogP) is 4.99. The van der Waals surface area contributed by atoms with Crippen LogP contribution in [0.5, 0.6) is 5.75 Å². The summed E-state index contributed by atoms with van der Waals surface area (Å²) in [6.45, 7) is 1.52. The summed E-state index contributed by atoms with van der Waals surface area (Å²) in [7, 11) is -2.42. The van der Waals surface area contributed by atoms with Gasteiger partial charge in [0.1, 0.15) is 5.75 Å². The highest BCUT2D eigenvalue weighted by Gasteiger charge is 2.27. The van der Waals surface area contributed by atoms with E-state index >= 15 is 0 Å². The van der Waals surface area contributed by atoms with E-state index < -0.39 is 15.9 Å². The Balaban J connectivity index is 1.64. The van der Waals surface area contributed by atoms with Gasteiger partial charge >= 0.3 is 0 Å². The third-order valence-electron chi connectivity index (χ3n) is 5.59. The van der Waals surface area contributed by atoms with Crippen LogP contribution in [0.3, 0.4) is 0 Å². The number of benzene rings is 4. The van der Waals surface area contributed by atoms with Gasteiger partial charge in [-0.3, -0.25) is 4.79 Å². The number of fused-ring (bicyclic) bond motifs is 1. The van der Waals surface area contributed by atoms with E-state index in [0.717, 1.165) is 16.3 Å². The van der Waals surface area contributed by atoms with Gasteiger partial charge in [-0.25, -0.2) is 8.42 Å². The van der Waals surface area contributed by atoms with Gasteiger partial charge in [-0.05, 0) is 47.7 Å². The summed E-state index contributed by atoms with van der Waals surface area (Å²) in [5.41, 5.74) is 2.12. The average molecular weight is 475 g/mol. The number of anilines is 1. The summed E-state index contributed by atoms with van der Waals surface area (Å²) in [5.74, 6) is 0.184. The number of ether oxygens (including phenoxy) is 1. The predicted molar refractivity (Wildman–Crippen MR) is 134 cm³/mol. The van der Waals surface area contributed by atoms with Gasteiger partial charge in [0.25, 0.3) is 0 Å². The Kier molecular flexibility index (Phi) is 6.95. The lowest BCUT2D eigenvalue weighted by atomic mass is 10.1. The van der Waals surface area contributed by atoms with Crippen molar-refractivity contribution in [1.82, 2.24) is 4.31 Å². The molecule has 0 heterocycles. The molecule has 4 aromatic carbocycles. The highest BCUT2D eigenvalue weighted by molar-refractivity contribution is 7.89. The van der Waals surface area contributed by atoms with Crippen LogP contribution in [-0.2, 0) is 21.4 Å². The molecule has 0 bridgehead atoms. The van der Waals surface area contributed by atoms with E-state index in [9.17, 15) is 13.2 Å². The highest BCUT2D eigenvalue weighted by atomic mass is 32.2. The van der Waals surface area contributed by atoms with Gasteiger partial charge in [-0.2, -0.15) is 4.31 Å². The lowest BCUT2D eigenvalue weighted by Gasteiger charge is -2.23. The van der Waals surface area contributed by atoms with E-state index in [2.05, 4.69) is 5.32 Å². The third-order valence-corrected chi connectivity index (χ3v) is 7.38. The molecular formula is C27H26N2O4S. The number of carbonyl (C=O) groups is 1. The molecule has 4 aromatic rings. The summed E-state index contributed by atoms with van der Waals surface area (Å²) in [5, 5.41) is 4.77. The van der Waals surface area contributed by atoms with E-state index in [-0.39, 0.29) is 18.0 Å². The Morgan fingerprint density at radius 2 is 1.62 bits per heavy atom. The minimum absolute atomic E-state index is 0.0667. The molecule has 0 aliphatic rings. The van der Waals surface area contributed by atoms with Gasteiger partial charge in [0, 0.05) is 17.6 Å². The Labute approximate surface area is 199 Å². The second-order valence-corrected chi connectivity index (χ2v) is 9.90. The van der Waals surface area contributed by atoms with Gasteiger partial charge in [0.2, 0.25) is 15.9 Å². The van der Waals surface area contributed by atoms with E-state index in [1.165, 1.54) is 17.5 Å². The first-order valence-electron chi connectivity index (χ1n) is 10.8. The van der Waals surface area contributed by atoms with Crippen LogP contribution < -0.4 is 10.1 Å². The molecule has 7 heteroatoms. The molecule has 0 saturated heterocycles. The number of rotatable bonds is 8. The van der Waals surface area contributed by atoms with Crippen LogP contribution in [0, 0.1) is 6.92 Å². The molecule has 0 atom stereocenters. The van der Waals surface area contributed by atoms with Crippen molar-refractivity contribution in [2.75, 3.05) is 19.0 Å². The molecule has 4 rings (SSSR count). The lowest BCUT2D eigenvalue weighted by Crippen LogP contribution is -2.37. The third kappa shape index (κ3) is 5.11. The number of sulfonamides is 1. The first kappa shape index (κ1) is 23.5. The normalized spacial score (nSPS) is 11.5. The van der Waals surface area contributed by atoms with Crippen molar-refractivity contribution < 1.29 is 17.9 Å². The number of nitrogens with one attached hydrogen (secondary N) is 1. The molecule has 34 heavy (non-hydrogen) atoms. The van der Waals surface area contributed by atoms with E-state index in [1.807, 2.05) is 72.8 Å². The molecule has 1 amide bonds. The number of hydrogen-bond donors (Lipinski definition) is 1. The van der Waals surface area contributed by atoms with E-state index in [4.69, 9.17) is 4.74 Å². The first-order chi connectivity index (χ1) is 16.4. The Morgan fingerprint density at radius 1 is 0.912 bits per heavy atom. The smallest absolute Gasteiger partial charge is 0.243 e. The highest BCUT2D eigenvalue weighted by Crippen LogP contribution is 2.26. The van der Waals surface area contributed by atoms with Crippen molar-refractivity contribution >= 4 is 32.4 Å². The molecule has 0 aliphatic heterocycles. The maximum absolute atomic E-state index is 13.6. The van der Waals surface area contributed by atoms with Crippen LogP contribution in [-0.4, -0.2) is 32.3 Å². The zero-order valence-electron chi connectivity index (χ0n) is 19.1. The van der Waals surface area contributed by atoms with Crippen LogP contribution in [0.1, 0.15) is 11.1 Å². The molecule has 0 aliphatic carbocycles. The van der Waals surface area contributed by atoms with Crippen LogP contribution >= 0.6 is 0 Å². The summed E-state index contributed by atoms with van der Waals surface area (Å²) in [4.78, 5) is 13.2. The van der Waals surface area contributed by atoms with E-state index in [1.54, 1.807) is 19.1 Å². The van der Waals surface area contributed by atoms with Crippen molar-refractivity contribution in [2.45, 2.75) is 18.4 Å². The van der Waals surface area contributed by atoms with Gasteiger partial charge in [0.15, 0.2) is 0 Å². The molecular weight excluding hydrogens is 448 g/mol. The summed E-state index contributed by atoms with van der Waals surface area (Å²) in [6.07, 6.45) is 0. The largest absolute Gasteiger partial charge is 0.496 e. The van der Waals surface area contributed by atoms with Crippen molar-refractivity contribution in [1.29, 1.82) is 0 Å². The van der Waals surface area contributed by atoms with Crippen LogP contribution in [0.25, 0.3) is 10.8 Å². The number of methoxy groups -OCH3 is 1. The zero-order chi connectivity index (χ0) is 24.1. The maximum Gasteiger partial charge on any atom is 0.243 e. The topological polar surface area (TPSA) is 75.7 Å². The number of carbonyl (C=O) groups excluding carboxylic acids is 1. The molecule has 0 radical (unpaired) electrons. The summed E-state index contributed by atoms with van der Waals surface area (Å²) < 4.78 is 33.6. The number of amides is 1. The Bertz CT molecular complexity index is 1410. The fraction of sp³-hybridized carbons (Fsp3) is 0.148. The second kappa shape index (κ2) is 10.1. The van der Waals surface area contributed by atoms with Gasteiger partial charge < -0.3 is 10.1 Å². The first-order valence-corrected chi connectivity index (χ1v) is 12.3. The fourth-order valence-electron chi connectivity index (χ4n) is 3.86. The molecule has 1 N–H and O–H groups in total. The van der Waals surface area contributed by atoms with E-state index in [0.29, 0.717) is 17.0 Å². The van der Waals surface area contributed by atoms with Crippen LogP contribution in [0.2, 0.25) is 0 Å². The monoisotopic (exact) mass is 474 g/mol. The second-order valence-electron chi connectivity index (χ2n) is 7.97. The summed E-state index contributed by atoms with van der Waals surface area (Å²) in [6, 6.07) is 27.2. The standard InChI is InChI=1S/C27H26N2O4S/c1-20-17-23(15-16-26(20)33-2)34(31,32)29(18-21-9-4-3-5-10-21)19-27(30)28-25-14-8-12-22-11-6-7-13-24(22)25/h3-17H,18-19H2,1-2H3,(H,28,30). The SMILES string of the molecule is COc1ccc(S(=O)(=O)N(CC(=O)Nc2cccc3ccccc23)Cc2ccccc2)cc1C. The Hall–Kier alpha value is -3.68. The van der Waals surface area contributed by atoms with Crippen LogP contribution in [0.15, 0.2) is 95.9 Å². The molecule has 0 aromatic heterocycles. The molecule has 0 unspecified atom stereocenters. The van der Waals surface area contributed by atoms with Gasteiger partial charge in [-0.1, -0.05) is 66.7 Å². The number of nitrogens with zero attached hydrogens (tertiary/aromatic N) is 1. The summed E-state index contributed by atoms with van der Waals surface area (Å²) >= 11 is 0. The quantitative estimate of drug-likeness (QED) is 0.391. The zero-order valence-corrected chi connectivity index (χ0v) is 19.9. The molecule has 0 spiro atoms. The van der Waals surface area contributed by atoms with Crippen molar-refractivity contribution in [3.05, 3.63) is 102 Å². The molecule has 0 saturated carbocycles. The molecule has 0 fully saturated rings. The van der Waals surface area contributed by atoms with Crippen molar-refractivity contribution in [3.63, 3.8) is 0 Å². The molecule has 174 valence electrons. The van der Waals surface area contributed by atoms with Gasteiger partial charge in [-0.15, -0.1) is 0 Å². The minimum Gasteiger partial charge on any atom is -0.496 e. The number of aryl methyl sites for hydroxylation is 1. The number of hydrogen-bond acceptors (Lipinski definition) is 4. The lowest BCUT2D eigenvalue weighted by molar-refractivity contribution is -0.116. The minimum atomic E-state index is -3.96. The van der Waals surface area contributed by atoms with Gasteiger partial charge in [0.05, 0.1) is 18.6 Å². The van der Waals surface area contributed by atoms with Crippen molar-refractivity contribution in [2.24, 2.45) is 0 Å².